The first-order valence-electron chi connectivity index (χ1n) is 9.64. The lowest BCUT2D eigenvalue weighted by Crippen LogP contribution is -2.22. The Morgan fingerprint density at radius 2 is 1.90 bits per heavy atom. The van der Waals surface area contributed by atoms with Crippen LogP contribution >= 0.6 is 11.6 Å². The first-order chi connectivity index (χ1) is 14.1. The number of hydrogen-bond donors (Lipinski definition) is 2. The minimum Gasteiger partial charge on any atom is -0.477 e. The molecule has 0 radical (unpaired) electrons. The summed E-state index contributed by atoms with van der Waals surface area (Å²) in [6, 6.07) is 7.81. The highest BCUT2D eigenvalue weighted by molar-refractivity contribution is 6.30. The molecule has 0 aliphatic heterocycles. The van der Waals surface area contributed by atoms with Crippen LogP contribution in [0.1, 0.15) is 59.8 Å². The summed E-state index contributed by atoms with van der Waals surface area (Å²) in [7, 11) is 0. The largest absolute Gasteiger partial charge is 0.477 e. The highest BCUT2D eigenvalue weighted by Gasteiger charge is 2.20. The van der Waals surface area contributed by atoms with E-state index in [2.05, 4.69) is 0 Å². The fourth-order valence-corrected chi connectivity index (χ4v) is 3.84. The smallest absolute Gasteiger partial charge is 0.341 e. The minimum absolute atomic E-state index is 0.0201. The number of aromatic nitrogens is 1. The lowest BCUT2D eigenvalue weighted by molar-refractivity contribution is 0.0694. The molecule has 0 saturated carbocycles. The average molecular weight is 432 g/mol. The molecule has 3 rings (SSSR count). The Kier molecular flexibility index (Phi) is 6.29. The number of aliphatic hydroxyl groups is 1. The molecule has 0 fully saturated rings. The van der Waals surface area contributed by atoms with Gasteiger partial charge < -0.3 is 14.8 Å². The van der Waals surface area contributed by atoms with Gasteiger partial charge >= 0.3 is 5.97 Å². The lowest BCUT2D eigenvalue weighted by Gasteiger charge is -2.21. The molecule has 2 N–H and O–H groups in total. The quantitative estimate of drug-likeness (QED) is 0.589. The van der Waals surface area contributed by atoms with Crippen LogP contribution in [0.25, 0.3) is 10.9 Å². The van der Waals surface area contributed by atoms with Crippen LogP contribution in [0.15, 0.2) is 41.3 Å². The Morgan fingerprint density at radius 3 is 2.50 bits per heavy atom. The predicted molar refractivity (Wildman–Crippen MR) is 115 cm³/mol. The molecule has 0 spiro atoms. The number of hydrogen-bond acceptors (Lipinski definition) is 3. The van der Waals surface area contributed by atoms with Crippen LogP contribution < -0.4 is 5.43 Å². The molecule has 1 unspecified atom stereocenters. The summed E-state index contributed by atoms with van der Waals surface area (Å²) in [5.74, 6) is -1.78. The van der Waals surface area contributed by atoms with E-state index in [1.54, 1.807) is 29.7 Å². The third kappa shape index (κ3) is 3.98. The van der Waals surface area contributed by atoms with Crippen LogP contribution in [0.3, 0.4) is 0 Å². The molecule has 0 aliphatic carbocycles. The number of pyridine rings is 1. The number of benzene rings is 2. The number of halogens is 2. The van der Waals surface area contributed by atoms with Gasteiger partial charge in [0.15, 0.2) is 0 Å². The molecule has 1 aromatic heterocycles. The number of carboxylic acids is 1. The summed E-state index contributed by atoms with van der Waals surface area (Å²) in [6.45, 7) is 5.49. The number of carboxylic acid groups (broad SMARTS) is 1. The van der Waals surface area contributed by atoms with Gasteiger partial charge in [-0.15, -0.1) is 0 Å². The van der Waals surface area contributed by atoms with Crippen LogP contribution in [0.2, 0.25) is 5.02 Å². The Bertz CT molecular complexity index is 1190. The van der Waals surface area contributed by atoms with Gasteiger partial charge in [-0.25, -0.2) is 9.18 Å². The third-order valence-corrected chi connectivity index (χ3v) is 5.59. The van der Waals surface area contributed by atoms with Gasteiger partial charge in [0.1, 0.15) is 11.4 Å². The molecule has 2 aromatic carbocycles. The van der Waals surface area contributed by atoms with E-state index in [0.717, 1.165) is 11.1 Å². The molecule has 0 aliphatic rings. The van der Waals surface area contributed by atoms with Gasteiger partial charge in [0.2, 0.25) is 5.43 Å². The average Bonchev–Trinajstić information content (AvgIpc) is 2.70. The van der Waals surface area contributed by atoms with Crippen LogP contribution in [-0.2, 0) is 6.42 Å². The standard InChI is InChI=1S/C23H23ClFNO4/c1-12(2)16-9-20-17(8-15(16)7-14-5-4-6-19(24)21(14)25)22(28)18(23(29)30)10-26(20)13(3)11-27/h4-6,8-10,12-13,27H,7,11H2,1-3H3,(H,29,30). The molecule has 1 atom stereocenters. The van der Waals surface area contributed by atoms with Crippen molar-refractivity contribution in [3.05, 3.63) is 79.8 Å². The number of rotatable bonds is 6. The summed E-state index contributed by atoms with van der Waals surface area (Å²) >= 11 is 5.91. The second kappa shape index (κ2) is 8.58. The molecule has 0 saturated heterocycles. The predicted octanol–water partition coefficient (Wildman–Crippen LogP) is 4.76. The van der Waals surface area contributed by atoms with Gasteiger partial charge in [0.05, 0.1) is 23.2 Å². The summed E-state index contributed by atoms with van der Waals surface area (Å²) in [4.78, 5) is 24.5. The number of carbonyl (C=O) groups is 1. The van der Waals surface area contributed by atoms with E-state index in [4.69, 9.17) is 11.6 Å². The van der Waals surface area contributed by atoms with Crippen molar-refractivity contribution in [2.24, 2.45) is 0 Å². The molecule has 1 heterocycles. The fourth-order valence-electron chi connectivity index (χ4n) is 3.64. The van der Waals surface area contributed by atoms with E-state index in [-0.39, 0.29) is 34.9 Å². The Labute approximate surface area is 178 Å². The first kappa shape index (κ1) is 22.0. The number of nitrogens with zero attached hydrogens (tertiary/aromatic N) is 1. The van der Waals surface area contributed by atoms with Crippen LogP contribution in [-0.4, -0.2) is 27.4 Å². The molecule has 5 nitrogen and oxygen atoms in total. The van der Waals surface area contributed by atoms with Gasteiger partial charge in [0, 0.05) is 18.0 Å². The topological polar surface area (TPSA) is 79.5 Å². The van der Waals surface area contributed by atoms with Crippen molar-refractivity contribution in [1.82, 2.24) is 4.57 Å². The number of fused-ring (bicyclic) bond motifs is 1. The maximum atomic E-state index is 14.5. The summed E-state index contributed by atoms with van der Waals surface area (Å²) in [6.07, 6.45) is 1.48. The van der Waals surface area contributed by atoms with E-state index >= 15 is 0 Å². The van der Waals surface area contributed by atoms with E-state index < -0.39 is 23.3 Å². The summed E-state index contributed by atoms with van der Waals surface area (Å²) < 4.78 is 16.1. The SMILES string of the molecule is CC(C)c1cc2c(cc1Cc1cccc(Cl)c1F)c(=O)c(C(=O)O)cn2C(C)CO. The van der Waals surface area contributed by atoms with Gasteiger partial charge in [-0.1, -0.05) is 37.6 Å². The van der Waals surface area contributed by atoms with Crippen molar-refractivity contribution < 1.29 is 19.4 Å². The molecule has 7 heteroatoms. The second-order valence-electron chi connectivity index (χ2n) is 7.73. The minimum atomic E-state index is -1.34. The number of aliphatic hydroxyl groups excluding tert-OH is 1. The molecular formula is C23H23ClFNO4. The highest BCUT2D eigenvalue weighted by atomic mass is 35.5. The van der Waals surface area contributed by atoms with E-state index in [1.807, 2.05) is 19.9 Å². The lowest BCUT2D eigenvalue weighted by atomic mass is 9.90. The Balaban J connectivity index is 2.34. The monoisotopic (exact) mass is 431 g/mol. The van der Waals surface area contributed by atoms with Crippen molar-refractivity contribution >= 4 is 28.5 Å². The van der Waals surface area contributed by atoms with Gasteiger partial charge in [-0.2, -0.15) is 0 Å². The van der Waals surface area contributed by atoms with Gasteiger partial charge in [-0.05, 0) is 47.7 Å². The van der Waals surface area contributed by atoms with Crippen LogP contribution in [0, 0.1) is 5.82 Å². The molecule has 0 bridgehead atoms. The second-order valence-corrected chi connectivity index (χ2v) is 8.14. The Hall–Kier alpha value is -2.70. The molecule has 30 heavy (non-hydrogen) atoms. The molecular weight excluding hydrogens is 409 g/mol. The molecule has 3 aromatic rings. The van der Waals surface area contributed by atoms with Crippen molar-refractivity contribution in [3.63, 3.8) is 0 Å². The summed E-state index contributed by atoms with van der Waals surface area (Å²) in [5, 5.41) is 19.3. The van der Waals surface area contributed by atoms with Crippen LogP contribution in [0.5, 0.6) is 0 Å². The molecule has 0 amide bonds. The van der Waals surface area contributed by atoms with Crippen molar-refractivity contribution in [1.29, 1.82) is 0 Å². The zero-order chi connectivity index (χ0) is 22.2. The fraction of sp³-hybridized carbons (Fsp3) is 0.304. The number of aromatic carboxylic acids is 1. The summed E-state index contributed by atoms with van der Waals surface area (Å²) in [5.41, 5.74) is 1.57. The first-order valence-corrected chi connectivity index (χ1v) is 10.0. The van der Waals surface area contributed by atoms with E-state index in [0.29, 0.717) is 11.1 Å². The Morgan fingerprint density at radius 1 is 1.20 bits per heavy atom. The van der Waals surface area contributed by atoms with Crippen molar-refractivity contribution in [3.8, 4) is 0 Å². The molecule has 158 valence electrons. The third-order valence-electron chi connectivity index (χ3n) is 5.30. The zero-order valence-corrected chi connectivity index (χ0v) is 17.7. The van der Waals surface area contributed by atoms with E-state index in [9.17, 15) is 24.2 Å². The van der Waals surface area contributed by atoms with Gasteiger partial charge in [0.25, 0.3) is 0 Å². The van der Waals surface area contributed by atoms with Crippen LogP contribution in [0.4, 0.5) is 4.39 Å². The highest BCUT2D eigenvalue weighted by Crippen LogP contribution is 2.30. The zero-order valence-electron chi connectivity index (χ0n) is 16.9. The van der Waals surface area contributed by atoms with E-state index in [1.165, 1.54) is 12.3 Å². The maximum Gasteiger partial charge on any atom is 0.341 e. The van der Waals surface area contributed by atoms with Crippen molar-refractivity contribution in [2.75, 3.05) is 6.61 Å². The van der Waals surface area contributed by atoms with Gasteiger partial charge in [-0.3, -0.25) is 4.79 Å². The normalized spacial score (nSPS) is 12.5. The van der Waals surface area contributed by atoms with Crippen molar-refractivity contribution in [2.45, 2.75) is 39.2 Å². The maximum absolute atomic E-state index is 14.5.